The lowest BCUT2D eigenvalue weighted by molar-refractivity contribution is 0.396. The number of rotatable bonds is 6. The number of nitrogens with two attached hydrogens (primary N) is 1. The highest BCUT2D eigenvalue weighted by Crippen LogP contribution is 2.38. The molecule has 0 spiro atoms. The van der Waals surface area contributed by atoms with Crippen molar-refractivity contribution in [1.82, 2.24) is 15.0 Å². The minimum atomic E-state index is 0.284. The maximum atomic E-state index is 6.20. The van der Waals surface area contributed by atoms with E-state index in [0.717, 1.165) is 0 Å². The third kappa shape index (κ3) is 4.07. The maximum Gasteiger partial charge on any atom is 0.159 e. The molecule has 0 aliphatic rings. The van der Waals surface area contributed by atoms with Gasteiger partial charge in [0.25, 0.3) is 0 Å². The first-order chi connectivity index (χ1) is 13.0. The summed E-state index contributed by atoms with van der Waals surface area (Å²) >= 11 is 12.3. The average Bonchev–Trinajstić information content (AvgIpc) is 2.67. The molecule has 0 radical (unpaired) electrons. The van der Waals surface area contributed by atoms with E-state index in [2.05, 4.69) is 25.6 Å². The summed E-state index contributed by atoms with van der Waals surface area (Å²) in [5, 5.41) is 6.84. The van der Waals surface area contributed by atoms with Gasteiger partial charge in [-0.3, -0.25) is 0 Å². The van der Waals surface area contributed by atoms with Gasteiger partial charge in [-0.2, -0.15) is 0 Å². The van der Waals surface area contributed by atoms with E-state index in [1.807, 2.05) is 0 Å². The molecule has 0 aliphatic heterocycles. The Labute approximate surface area is 165 Å². The predicted molar refractivity (Wildman–Crippen MR) is 107 cm³/mol. The van der Waals surface area contributed by atoms with Crippen molar-refractivity contribution in [1.29, 1.82) is 0 Å². The minimum Gasteiger partial charge on any atom is -0.495 e. The number of hydrogen-bond donors (Lipinski definition) is 3. The standard InChI is InChI=1S/C17H16Cl2N6O2/c1-26-12-7-13(27-2)11(6-9(12)18)25-17-14(20)16(22-8-23-17)24-10-4-3-5-21-15(10)19/h3-8H,20H2,1-2H3,(H2,22,23,24,25). The number of halogens is 2. The van der Waals surface area contributed by atoms with E-state index in [4.69, 9.17) is 38.4 Å². The van der Waals surface area contributed by atoms with E-state index in [1.165, 1.54) is 20.5 Å². The first-order valence-electron chi connectivity index (χ1n) is 7.70. The summed E-state index contributed by atoms with van der Waals surface area (Å²) in [5.74, 6) is 1.75. The van der Waals surface area contributed by atoms with E-state index in [0.29, 0.717) is 44.7 Å². The highest BCUT2D eigenvalue weighted by molar-refractivity contribution is 6.32. The Hall–Kier alpha value is -2.97. The molecule has 0 bridgehead atoms. The van der Waals surface area contributed by atoms with Crippen LogP contribution in [0.2, 0.25) is 10.2 Å². The SMILES string of the molecule is COc1cc(OC)c(Nc2ncnc(Nc3cccnc3Cl)c2N)cc1Cl. The Morgan fingerprint density at radius 2 is 1.59 bits per heavy atom. The van der Waals surface area contributed by atoms with E-state index < -0.39 is 0 Å². The number of methoxy groups -OCH3 is 2. The fourth-order valence-corrected chi connectivity index (χ4v) is 2.69. The summed E-state index contributed by atoms with van der Waals surface area (Å²) < 4.78 is 10.6. The molecule has 8 nitrogen and oxygen atoms in total. The Morgan fingerprint density at radius 1 is 0.926 bits per heavy atom. The molecule has 2 heterocycles. The molecule has 0 amide bonds. The zero-order chi connectivity index (χ0) is 19.4. The zero-order valence-corrected chi connectivity index (χ0v) is 16.0. The third-order valence-corrected chi connectivity index (χ3v) is 4.22. The van der Waals surface area contributed by atoms with Crippen LogP contribution < -0.4 is 25.8 Å². The van der Waals surface area contributed by atoms with Crippen molar-refractivity contribution in [3.8, 4) is 11.5 Å². The summed E-state index contributed by atoms with van der Waals surface area (Å²) in [6.45, 7) is 0. The summed E-state index contributed by atoms with van der Waals surface area (Å²) in [6, 6.07) is 6.83. The first-order valence-corrected chi connectivity index (χ1v) is 8.45. The monoisotopic (exact) mass is 406 g/mol. The normalized spacial score (nSPS) is 10.4. The van der Waals surface area contributed by atoms with Gasteiger partial charge in [-0.25, -0.2) is 15.0 Å². The number of nitrogens with one attached hydrogen (secondary N) is 2. The number of nitrogens with zero attached hydrogens (tertiary/aromatic N) is 3. The molecule has 0 saturated carbocycles. The molecular formula is C17H16Cl2N6O2. The van der Waals surface area contributed by atoms with Crippen molar-refractivity contribution in [2.45, 2.75) is 0 Å². The smallest absolute Gasteiger partial charge is 0.159 e. The quantitative estimate of drug-likeness (QED) is 0.520. The highest BCUT2D eigenvalue weighted by Gasteiger charge is 2.14. The van der Waals surface area contributed by atoms with Crippen LogP contribution in [0.4, 0.5) is 28.7 Å². The molecule has 27 heavy (non-hydrogen) atoms. The number of aromatic nitrogens is 3. The number of anilines is 5. The molecule has 1 aromatic carbocycles. The van der Waals surface area contributed by atoms with Crippen LogP contribution in [-0.4, -0.2) is 29.2 Å². The fraction of sp³-hybridized carbons (Fsp3) is 0.118. The Bertz CT molecular complexity index is 970. The van der Waals surface area contributed by atoms with Crippen molar-refractivity contribution in [3.05, 3.63) is 47.0 Å². The Morgan fingerprint density at radius 3 is 2.22 bits per heavy atom. The highest BCUT2D eigenvalue weighted by atomic mass is 35.5. The average molecular weight is 407 g/mol. The first kappa shape index (κ1) is 18.8. The van der Waals surface area contributed by atoms with E-state index in [9.17, 15) is 0 Å². The third-order valence-electron chi connectivity index (χ3n) is 3.62. The summed E-state index contributed by atoms with van der Waals surface area (Å²) in [6.07, 6.45) is 2.95. The molecule has 2 aromatic heterocycles. The van der Waals surface area contributed by atoms with Crippen LogP contribution in [0.25, 0.3) is 0 Å². The Kier molecular flexibility index (Phi) is 5.68. The molecule has 3 rings (SSSR count). The van der Waals surface area contributed by atoms with Gasteiger partial charge in [-0.05, 0) is 18.2 Å². The molecule has 0 unspecified atom stereocenters. The molecule has 0 aliphatic carbocycles. The number of ether oxygens (including phenoxy) is 2. The number of nitrogen functional groups attached to an aromatic ring is 1. The van der Waals surface area contributed by atoms with E-state index in [1.54, 1.807) is 30.5 Å². The van der Waals surface area contributed by atoms with Gasteiger partial charge in [0.05, 0.1) is 30.6 Å². The lowest BCUT2D eigenvalue weighted by Crippen LogP contribution is -2.06. The second kappa shape index (κ2) is 8.15. The molecule has 140 valence electrons. The van der Waals surface area contributed by atoms with Crippen LogP contribution in [0, 0.1) is 0 Å². The maximum absolute atomic E-state index is 6.20. The van der Waals surface area contributed by atoms with Gasteiger partial charge in [0.15, 0.2) is 16.8 Å². The van der Waals surface area contributed by atoms with Gasteiger partial charge in [-0.15, -0.1) is 0 Å². The second-order valence-electron chi connectivity index (χ2n) is 5.26. The summed E-state index contributed by atoms with van der Waals surface area (Å²) in [7, 11) is 3.06. The number of pyridine rings is 1. The van der Waals surface area contributed by atoms with Crippen LogP contribution in [0.15, 0.2) is 36.8 Å². The van der Waals surface area contributed by atoms with Crippen molar-refractivity contribution < 1.29 is 9.47 Å². The largest absolute Gasteiger partial charge is 0.495 e. The second-order valence-corrected chi connectivity index (χ2v) is 6.03. The number of benzene rings is 1. The van der Waals surface area contributed by atoms with Gasteiger partial charge in [0.1, 0.15) is 23.5 Å². The van der Waals surface area contributed by atoms with Crippen LogP contribution >= 0.6 is 23.2 Å². The topological polar surface area (TPSA) is 107 Å². The van der Waals surface area contributed by atoms with Crippen molar-refractivity contribution in [2.24, 2.45) is 0 Å². The van der Waals surface area contributed by atoms with Crippen molar-refractivity contribution in [3.63, 3.8) is 0 Å². The minimum absolute atomic E-state index is 0.284. The van der Waals surface area contributed by atoms with E-state index in [-0.39, 0.29) is 5.69 Å². The molecule has 0 atom stereocenters. The molecule has 3 aromatic rings. The van der Waals surface area contributed by atoms with Gasteiger partial charge in [0, 0.05) is 12.3 Å². The van der Waals surface area contributed by atoms with Crippen molar-refractivity contribution >= 4 is 51.9 Å². The van der Waals surface area contributed by atoms with Gasteiger partial charge in [0.2, 0.25) is 0 Å². The van der Waals surface area contributed by atoms with Crippen molar-refractivity contribution in [2.75, 3.05) is 30.6 Å². The molecule has 4 N–H and O–H groups in total. The summed E-state index contributed by atoms with van der Waals surface area (Å²) in [4.78, 5) is 12.3. The number of hydrogen-bond acceptors (Lipinski definition) is 8. The van der Waals surface area contributed by atoms with Crippen LogP contribution in [0.5, 0.6) is 11.5 Å². The zero-order valence-electron chi connectivity index (χ0n) is 14.5. The molecule has 0 fully saturated rings. The van der Waals surface area contributed by atoms with Crippen LogP contribution in [0.3, 0.4) is 0 Å². The molecular weight excluding hydrogens is 391 g/mol. The van der Waals surface area contributed by atoms with Crippen LogP contribution in [-0.2, 0) is 0 Å². The van der Waals surface area contributed by atoms with Gasteiger partial charge < -0.3 is 25.8 Å². The lowest BCUT2D eigenvalue weighted by Gasteiger charge is -2.16. The molecule has 0 saturated heterocycles. The Balaban J connectivity index is 1.93. The summed E-state index contributed by atoms with van der Waals surface area (Å²) in [5.41, 5.74) is 7.63. The van der Waals surface area contributed by atoms with Gasteiger partial charge in [-0.1, -0.05) is 23.2 Å². The fourth-order valence-electron chi connectivity index (χ4n) is 2.29. The predicted octanol–water partition coefficient (Wildman–Crippen LogP) is 4.27. The van der Waals surface area contributed by atoms with Gasteiger partial charge >= 0.3 is 0 Å². The lowest BCUT2D eigenvalue weighted by atomic mass is 10.2. The van der Waals surface area contributed by atoms with E-state index >= 15 is 0 Å². The molecule has 10 heteroatoms. The van der Waals surface area contributed by atoms with Crippen LogP contribution in [0.1, 0.15) is 0 Å².